The van der Waals surface area contributed by atoms with E-state index >= 15 is 0 Å². The monoisotopic (exact) mass is 367 g/mol. The van der Waals surface area contributed by atoms with E-state index in [1.165, 1.54) is 0 Å². The number of carbonyl (C=O) groups excluding carboxylic acids is 2. The van der Waals surface area contributed by atoms with Gasteiger partial charge >= 0.3 is 0 Å². The molecule has 0 saturated carbocycles. The van der Waals surface area contributed by atoms with Gasteiger partial charge in [0.15, 0.2) is 0 Å². The maximum absolute atomic E-state index is 12.7. The summed E-state index contributed by atoms with van der Waals surface area (Å²) in [6, 6.07) is 16.8. The second kappa shape index (κ2) is 10.5. The molecule has 0 aliphatic carbocycles. The van der Waals surface area contributed by atoms with Crippen LogP contribution in [0.15, 0.2) is 54.6 Å². The van der Waals surface area contributed by atoms with Crippen LogP contribution in [-0.2, 0) is 4.79 Å². The number of nitrogens with one attached hydrogen (secondary N) is 2. The number of amides is 2. The summed E-state index contributed by atoms with van der Waals surface area (Å²) in [4.78, 5) is 27.0. The van der Waals surface area contributed by atoms with Gasteiger partial charge in [0.05, 0.1) is 23.8 Å². The van der Waals surface area contributed by atoms with Gasteiger partial charge in [0.2, 0.25) is 5.91 Å². The third-order valence-electron chi connectivity index (χ3n) is 4.40. The first kappa shape index (κ1) is 20.6. The van der Waals surface area contributed by atoms with Gasteiger partial charge in [0.1, 0.15) is 0 Å². The summed E-state index contributed by atoms with van der Waals surface area (Å²) >= 11 is 0. The summed E-state index contributed by atoms with van der Waals surface area (Å²) < 4.78 is 0. The zero-order valence-electron chi connectivity index (χ0n) is 16.4. The molecule has 27 heavy (non-hydrogen) atoms. The van der Waals surface area contributed by atoms with Crippen molar-refractivity contribution in [3.63, 3.8) is 0 Å². The van der Waals surface area contributed by atoms with Crippen molar-refractivity contribution >= 4 is 17.5 Å². The number of rotatable bonds is 9. The van der Waals surface area contributed by atoms with Gasteiger partial charge < -0.3 is 10.6 Å². The molecule has 0 spiro atoms. The van der Waals surface area contributed by atoms with Crippen LogP contribution >= 0.6 is 0 Å². The van der Waals surface area contributed by atoms with Crippen molar-refractivity contribution in [1.82, 2.24) is 10.2 Å². The Morgan fingerprint density at radius 1 is 1.04 bits per heavy atom. The van der Waals surface area contributed by atoms with Gasteiger partial charge in [-0.25, -0.2) is 0 Å². The van der Waals surface area contributed by atoms with Gasteiger partial charge in [-0.3, -0.25) is 14.5 Å². The number of para-hydroxylation sites is 1. The predicted octanol–water partition coefficient (Wildman–Crippen LogP) is 3.85. The standard InChI is InChI=1S/C22H29N3O2/c1-4-5-15-25(3)16-21(26)24-20-14-10-9-13-19(20)22(27)23-17(2)18-11-7-6-8-12-18/h6-14,17H,4-5,15-16H2,1-3H3,(H,23,27)(H,24,26). The Labute approximate surface area is 161 Å². The maximum Gasteiger partial charge on any atom is 0.253 e. The molecule has 0 aliphatic heterocycles. The molecule has 5 nitrogen and oxygen atoms in total. The highest BCUT2D eigenvalue weighted by Crippen LogP contribution is 2.18. The average Bonchev–Trinajstić information content (AvgIpc) is 2.67. The quantitative estimate of drug-likeness (QED) is 0.708. The lowest BCUT2D eigenvalue weighted by molar-refractivity contribution is -0.117. The Hall–Kier alpha value is -2.66. The summed E-state index contributed by atoms with van der Waals surface area (Å²) in [6.45, 7) is 5.24. The van der Waals surface area contributed by atoms with E-state index in [1.54, 1.807) is 18.2 Å². The minimum absolute atomic E-state index is 0.120. The van der Waals surface area contributed by atoms with Crippen LogP contribution in [0, 0.1) is 0 Å². The van der Waals surface area contributed by atoms with Crippen LogP contribution in [0.1, 0.15) is 48.7 Å². The van der Waals surface area contributed by atoms with Crippen LogP contribution in [0.25, 0.3) is 0 Å². The summed E-state index contributed by atoms with van der Waals surface area (Å²) in [7, 11) is 1.93. The Kier molecular flexibility index (Phi) is 8.01. The fourth-order valence-corrected chi connectivity index (χ4v) is 2.83. The van der Waals surface area contributed by atoms with E-state index in [0.29, 0.717) is 17.8 Å². The van der Waals surface area contributed by atoms with Crippen LogP contribution in [0.2, 0.25) is 0 Å². The Morgan fingerprint density at radius 3 is 2.41 bits per heavy atom. The Morgan fingerprint density at radius 2 is 1.70 bits per heavy atom. The van der Waals surface area contributed by atoms with E-state index in [9.17, 15) is 9.59 Å². The molecule has 2 N–H and O–H groups in total. The summed E-state index contributed by atoms with van der Waals surface area (Å²) in [5.41, 5.74) is 2.03. The smallest absolute Gasteiger partial charge is 0.253 e. The molecular weight excluding hydrogens is 338 g/mol. The van der Waals surface area contributed by atoms with Gasteiger partial charge in [-0.1, -0.05) is 55.8 Å². The molecule has 0 heterocycles. The van der Waals surface area contributed by atoms with Gasteiger partial charge in [-0.05, 0) is 44.6 Å². The highest BCUT2D eigenvalue weighted by Gasteiger charge is 2.16. The molecule has 1 unspecified atom stereocenters. The minimum Gasteiger partial charge on any atom is -0.345 e. The van der Waals surface area contributed by atoms with E-state index in [1.807, 2.05) is 55.3 Å². The van der Waals surface area contributed by atoms with Crippen molar-refractivity contribution in [2.75, 3.05) is 25.5 Å². The van der Waals surface area contributed by atoms with Crippen molar-refractivity contribution in [3.05, 3.63) is 65.7 Å². The van der Waals surface area contributed by atoms with Gasteiger partial charge in [-0.2, -0.15) is 0 Å². The minimum atomic E-state index is -0.207. The fourth-order valence-electron chi connectivity index (χ4n) is 2.83. The average molecular weight is 367 g/mol. The SMILES string of the molecule is CCCCN(C)CC(=O)Nc1ccccc1C(=O)NC(C)c1ccccc1. The first-order valence-corrected chi connectivity index (χ1v) is 9.44. The molecular formula is C22H29N3O2. The number of benzene rings is 2. The molecule has 0 fully saturated rings. The highest BCUT2D eigenvalue weighted by molar-refractivity contribution is 6.04. The number of carbonyl (C=O) groups is 2. The van der Waals surface area contributed by atoms with E-state index < -0.39 is 0 Å². The van der Waals surface area contributed by atoms with E-state index in [4.69, 9.17) is 0 Å². The van der Waals surface area contributed by atoms with E-state index in [0.717, 1.165) is 24.9 Å². The normalized spacial score (nSPS) is 11.9. The lowest BCUT2D eigenvalue weighted by Crippen LogP contribution is -2.32. The van der Waals surface area contributed by atoms with E-state index in [2.05, 4.69) is 17.6 Å². The summed E-state index contributed by atoms with van der Waals surface area (Å²) in [6.07, 6.45) is 2.15. The second-order valence-corrected chi connectivity index (χ2v) is 6.79. The van der Waals surface area contributed by atoms with Crippen molar-refractivity contribution in [1.29, 1.82) is 0 Å². The summed E-state index contributed by atoms with van der Waals surface area (Å²) in [5.74, 6) is -0.327. The van der Waals surface area contributed by atoms with Gasteiger partial charge in [0, 0.05) is 0 Å². The molecule has 2 rings (SSSR count). The first-order valence-electron chi connectivity index (χ1n) is 9.44. The fraction of sp³-hybridized carbons (Fsp3) is 0.364. The van der Waals surface area contributed by atoms with Crippen molar-refractivity contribution in [2.45, 2.75) is 32.7 Å². The summed E-state index contributed by atoms with van der Waals surface area (Å²) in [5, 5.41) is 5.86. The number of hydrogen-bond acceptors (Lipinski definition) is 3. The zero-order valence-corrected chi connectivity index (χ0v) is 16.4. The third-order valence-corrected chi connectivity index (χ3v) is 4.40. The highest BCUT2D eigenvalue weighted by atomic mass is 16.2. The second-order valence-electron chi connectivity index (χ2n) is 6.79. The number of hydrogen-bond donors (Lipinski definition) is 2. The van der Waals surface area contributed by atoms with Crippen LogP contribution in [-0.4, -0.2) is 36.9 Å². The molecule has 2 amide bonds. The van der Waals surface area contributed by atoms with Crippen molar-refractivity contribution < 1.29 is 9.59 Å². The molecule has 0 aromatic heterocycles. The number of likely N-dealkylation sites (N-methyl/N-ethyl adjacent to an activating group) is 1. The molecule has 2 aromatic rings. The number of nitrogens with zero attached hydrogens (tertiary/aromatic N) is 1. The van der Waals surface area contributed by atoms with Crippen molar-refractivity contribution in [3.8, 4) is 0 Å². The van der Waals surface area contributed by atoms with Gasteiger partial charge in [0.25, 0.3) is 5.91 Å². The topological polar surface area (TPSA) is 61.4 Å². The Balaban J connectivity index is 2.02. The lowest BCUT2D eigenvalue weighted by Gasteiger charge is -2.18. The van der Waals surface area contributed by atoms with Crippen molar-refractivity contribution in [2.24, 2.45) is 0 Å². The zero-order chi connectivity index (χ0) is 19.6. The van der Waals surface area contributed by atoms with Crippen LogP contribution in [0.5, 0.6) is 0 Å². The molecule has 5 heteroatoms. The molecule has 0 radical (unpaired) electrons. The number of unbranched alkanes of at least 4 members (excludes halogenated alkanes) is 1. The lowest BCUT2D eigenvalue weighted by atomic mass is 10.1. The Bertz CT molecular complexity index is 746. The molecule has 0 aliphatic rings. The predicted molar refractivity (Wildman–Crippen MR) is 110 cm³/mol. The number of anilines is 1. The van der Waals surface area contributed by atoms with Gasteiger partial charge in [-0.15, -0.1) is 0 Å². The molecule has 0 saturated heterocycles. The van der Waals surface area contributed by atoms with Crippen LogP contribution < -0.4 is 10.6 Å². The maximum atomic E-state index is 12.7. The molecule has 2 aromatic carbocycles. The third kappa shape index (κ3) is 6.53. The first-order chi connectivity index (χ1) is 13.0. The largest absolute Gasteiger partial charge is 0.345 e. The molecule has 144 valence electrons. The molecule has 0 bridgehead atoms. The van der Waals surface area contributed by atoms with Crippen LogP contribution in [0.3, 0.4) is 0 Å². The molecule has 1 atom stereocenters. The van der Waals surface area contributed by atoms with E-state index in [-0.39, 0.29) is 17.9 Å². The van der Waals surface area contributed by atoms with Crippen LogP contribution in [0.4, 0.5) is 5.69 Å².